The second-order valence-corrected chi connectivity index (χ2v) is 9.27. The highest BCUT2D eigenvalue weighted by Gasteiger charge is 2.38. The van der Waals surface area contributed by atoms with Crippen molar-refractivity contribution in [3.8, 4) is 18.4 Å². The fourth-order valence-electron chi connectivity index (χ4n) is 4.61. The van der Waals surface area contributed by atoms with E-state index in [0.717, 1.165) is 41.3 Å². The molecule has 0 saturated heterocycles. The number of nitriles is 1. The third-order valence-electron chi connectivity index (χ3n) is 6.52. The summed E-state index contributed by atoms with van der Waals surface area (Å²) in [6.07, 6.45) is 7.25. The molecule has 202 valence electrons. The number of amides is 1. The molecule has 0 spiro atoms. The normalized spacial score (nSPS) is 14.2. The van der Waals surface area contributed by atoms with Gasteiger partial charge < -0.3 is 15.7 Å². The first-order chi connectivity index (χ1) is 18.6. The van der Waals surface area contributed by atoms with Crippen molar-refractivity contribution in [1.82, 2.24) is 0 Å². The van der Waals surface area contributed by atoms with Crippen molar-refractivity contribution in [2.75, 3.05) is 10.6 Å². The molecule has 1 aliphatic rings. The van der Waals surface area contributed by atoms with Crippen LogP contribution in [0.4, 0.5) is 24.5 Å². The quantitative estimate of drug-likeness (QED) is 0.304. The van der Waals surface area contributed by atoms with Gasteiger partial charge in [0.2, 0.25) is 5.91 Å². The maximum atomic E-state index is 13.4. The summed E-state index contributed by atoms with van der Waals surface area (Å²) < 4.78 is 31.7. The number of rotatable bonds is 6. The lowest BCUT2D eigenvalue weighted by Crippen LogP contribution is -2.37. The lowest BCUT2D eigenvalue weighted by molar-refractivity contribution is -0.192. The van der Waals surface area contributed by atoms with Gasteiger partial charge in [-0.15, -0.1) is 6.42 Å². The topological polar surface area (TPSA) is 102 Å². The van der Waals surface area contributed by atoms with Crippen LogP contribution in [0.5, 0.6) is 0 Å². The molecule has 3 N–H and O–H groups in total. The summed E-state index contributed by atoms with van der Waals surface area (Å²) in [6.45, 7) is 0. The molecule has 0 radical (unpaired) electrons. The van der Waals surface area contributed by atoms with E-state index < -0.39 is 12.1 Å². The molecule has 4 rings (SSSR count). The number of benzene rings is 3. The number of alkyl halides is 3. The van der Waals surface area contributed by atoms with Gasteiger partial charge >= 0.3 is 12.1 Å². The zero-order chi connectivity index (χ0) is 28.4. The predicted octanol–water partition coefficient (Wildman–Crippen LogP) is 6.72. The van der Waals surface area contributed by atoms with E-state index in [2.05, 4.69) is 22.6 Å². The van der Waals surface area contributed by atoms with Crippen LogP contribution in [-0.4, -0.2) is 29.2 Å². The molecular formula is C30H28F3N3O3. The van der Waals surface area contributed by atoms with E-state index in [-0.39, 0.29) is 11.9 Å². The molecule has 6 nitrogen and oxygen atoms in total. The number of carboxylic acid groups (broad SMARTS) is 1. The summed E-state index contributed by atoms with van der Waals surface area (Å²) in [6, 6.07) is 20.8. The number of fused-ring (bicyclic) bond motifs is 1. The fourth-order valence-corrected chi connectivity index (χ4v) is 4.61. The molecule has 1 atom stereocenters. The van der Waals surface area contributed by atoms with Crippen molar-refractivity contribution >= 4 is 34.0 Å². The van der Waals surface area contributed by atoms with Crippen molar-refractivity contribution in [3.63, 3.8) is 0 Å². The molecule has 1 aliphatic carbocycles. The summed E-state index contributed by atoms with van der Waals surface area (Å²) >= 11 is 0. The Morgan fingerprint density at radius 3 is 2.31 bits per heavy atom. The van der Waals surface area contributed by atoms with Crippen LogP contribution < -0.4 is 10.6 Å². The molecule has 0 aliphatic heterocycles. The fraction of sp³-hybridized carbons (Fsp3) is 0.300. The van der Waals surface area contributed by atoms with Gasteiger partial charge in [0.15, 0.2) is 0 Å². The zero-order valence-corrected chi connectivity index (χ0v) is 21.1. The van der Waals surface area contributed by atoms with Crippen LogP contribution in [0.2, 0.25) is 0 Å². The van der Waals surface area contributed by atoms with Crippen molar-refractivity contribution in [2.24, 2.45) is 5.92 Å². The Morgan fingerprint density at radius 2 is 1.69 bits per heavy atom. The minimum atomic E-state index is -5.08. The van der Waals surface area contributed by atoms with E-state index in [9.17, 15) is 23.2 Å². The van der Waals surface area contributed by atoms with Crippen LogP contribution in [-0.2, 0) is 9.59 Å². The number of halogens is 3. The monoisotopic (exact) mass is 535 g/mol. The number of hydrogen-bond donors (Lipinski definition) is 3. The van der Waals surface area contributed by atoms with Crippen LogP contribution in [0.25, 0.3) is 10.8 Å². The van der Waals surface area contributed by atoms with Gasteiger partial charge in [0.1, 0.15) is 6.04 Å². The molecule has 9 heteroatoms. The predicted molar refractivity (Wildman–Crippen MR) is 144 cm³/mol. The number of nitrogens with one attached hydrogen (secondary N) is 2. The SMILES string of the molecule is C#Cc1cccc(NC(=O)[C@H](CC2CCCCC2)Nc2ccc(C#N)c3ccccc23)c1.O=C(O)C(F)(F)F. The molecule has 1 saturated carbocycles. The van der Waals surface area contributed by atoms with Crippen LogP contribution in [0.3, 0.4) is 0 Å². The number of hydrogen-bond acceptors (Lipinski definition) is 4. The molecule has 1 fully saturated rings. The molecule has 0 heterocycles. The zero-order valence-electron chi connectivity index (χ0n) is 21.1. The molecule has 1 amide bonds. The maximum absolute atomic E-state index is 13.4. The third kappa shape index (κ3) is 8.24. The minimum absolute atomic E-state index is 0.0711. The van der Waals surface area contributed by atoms with Crippen LogP contribution in [0.1, 0.15) is 49.7 Å². The number of carbonyl (C=O) groups is 2. The van der Waals surface area contributed by atoms with Crippen LogP contribution in [0, 0.1) is 29.6 Å². The first kappa shape index (κ1) is 29.1. The minimum Gasteiger partial charge on any atom is -0.475 e. The molecule has 0 bridgehead atoms. The van der Waals surface area contributed by atoms with Crippen molar-refractivity contribution in [2.45, 2.75) is 50.7 Å². The standard InChI is InChI=1S/C28H27N3O.C2HF3O2/c1-2-20-11-8-12-23(17-20)30-28(32)27(18-21-9-4-3-5-10-21)31-26-16-15-22(19-29)24-13-6-7-14-25(24)26;3-2(4,5)1(6)7/h1,6-8,11-17,21,27,31H,3-5,9-10,18H2,(H,30,32);(H,6,7)/t27-;/m0./s1. The molecule has 39 heavy (non-hydrogen) atoms. The maximum Gasteiger partial charge on any atom is 0.490 e. The number of terminal acetylenes is 1. The third-order valence-corrected chi connectivity index (χ3v) is 6.52. The van der Waals surface area contributed by atoms with Crippen molar-refractivity contribution in [3.05, 3.63) is 71.8 Å². The van der Waals surface area contributed by atoms with E-state index >= 15 is 0 Å². The number of anilines is 2. The summed E-state index contributed by atoms with van der Waals surface area (Å²) in [7, 11) is 0. The van der Waals surface area contributed by atoms with E-state index in [0.29, 0.717) is 17.2 Å². The first-order valence-electron chi connectivity index (χ1n) is 12.5. The van der Waals surface area contributed by atoms with Gasteiger partial charge in [-0.2, -0.15) is 18.4 Å². The summed E-state index contributed by atoms with van der Waals surface area (Å²) in [5.74, 6) is 0.307. The molecule has 0 unspecified atom stereocenters. The Kier molecular flexibility index (Phi) is 9.94. The average molecular weight is 536 g/mol. The Balaban J connectivity index is 0.000000532. The van der Waals surface area contributed by atoms with Gasteiger partial charge in [-0.05, 0) is 42.7 Å². The lowest BCUT2D eigenvalue weighted by Gasteiger charge is -2.27. The summed E-state index contributed by atoms with van der Waals surface area (Å²) in [5, 5.41) is 25.0. The van der Waals surface area contributed by atoms with Crippen LogP contribution in [0.15, 0.2) is 60.7 Å². The van der Waals surface area contributed by atoms with E-state index in [4.69, 9.17) is 16.3 Å². The van der Waals surface area contributed by atoms with Gasteiger partial charge in [-0.3, -0.25) is 4.79 Å². The van der Waals surface area contributed by atoms with Crippen molar-refractivity contribution in [1.29, 1.82) is 5.26 Å². The van der Waals surface area contributed by atoms with Gasteiger partial charge in [-0.1, -0.05) is 68.4 Å². The van der Waals surface area contributed by atoms with Gasteiger partial charge in [0.05, 0.1) is 11.6 Å². The largest absolute Gasteiger partial charge is 0.490 e. The van der Waals surface area contributed by atoms with Gasteiger partial charge in [0.25, 0.3) is 0 Å². The highest BCUT2D eigenvalue weighted by Crippen LogP contribution is 2.31. The molecule has 0 aromatic heterocycles. The highest BCUT2D eigenvalue weighted by molar-refractivity contribution is 6.01. The summed E-state index contributed by atoms with van der Waals surface area (Å²) in [5.41, 5.74) is 2.93. The van der Waals surface area contributed by atoms with E-state index in [1.807, 2.05) is 60.7 Å². The first-order valence-corrected chi connectivity index (χ1v) is 12.5. The Bertz CT molecular complexity index is 1400. The number of aliphatic carboxylic acids is 1. The second-order valence-electron chi connectivity index (χ2n) is 9.27. The number of carbonyl (C=O) groups excluding carboxylic acids is 1. The highest BCUT2D eigenvalue weighted by atomic mass is 19.4. The number of nitrogens with zero attached hydrogens (tertiary/aromatic N) is 1. The van der Waals surface area contributed by atoms with E-state index in [1.165, 1.54) is 19.3 Å². The average Bonchev–Trinajstić information content (AvgIpc) is 2.93. The van der Waals surface area contributed by atoms with Gasteiger partial charge in [0, 0.05) is 27.7 Å². The second kappa shape index (κ2) is 13.3. The molecular weight excluding hydrogens is 507 g/mol. The Morgan fingerprint density at radius 1 is 1.03 bits per heavy atom. The van der Waals surface area contributed by atoms with Gasteiger partial charge in [-0.25, -0.2) is 4.79 Å². The molecule has 3 aromatic carbocycles. The van der Waals surface area contributed by atoms with Crippen LogP contribution >= 0.6 is 0 Å². The number of carboxylic acids is 1. The van der Waals surface area contributed by atoms with E-state index in [1.54, 1.807) is 0 Å². The lowest BCUT2D eigenvalue weighted by atomic mass is 9.84. The summed E-state index contributed by atoms with van der Waals surface area (Å²) in [4.78, 5) is 22.3. The molecule has 3 aromatic rings. The van der Waals surface area contributed by atoms with Crippen molar-refractivity contribution < 1.29 is 27.9 Å². The Labute approximate surface area is 224 Å². The Hall–Kier alpha value is -4.50. The smallest absolute Gasteiger partial charge is 0.475 e.